The van der Waals surface area contributed by atoms with Gasteiger partial charge in [-0.3, -0.25) is 4.79 Å². The number of amides is 1. The molecule has 2 rings (SSSR count). The first-order chi connectivity index (χ1) is 10.1. The molecule has 0 aromatic heterocycles. The first kappa shape index (κ1) is 15.4. The van der Waals surface area contributed by atoms with E-state index in [9.17, 15) is 4.79 Å². The Balaban J connectivity index is 2.18. The number of hydrogen-bond donors (Lipinski definition) is 1. The molecule has 0 aliphatic heterocycles. The van der Waals surface area contributed by atoms with Gasteiger partial charge in [-0.2, -0.15) is 0 Å². The molecule has 1 amide bonds. The third-order valence-corrected chi connectivity index (χ3v) is 3.36. The fourth-order valence-electron chi connectivity index (χ4n) is 1.95. The molecule has 0 radical (unpaired) electrons. The van der Waals surface area contributed by atoms with E-state index in [2.05, 4.69) is 5.32 Å². The Morgan fingerprint density at radius 3 is 2.52 bits per heavy atom. The molecule has 110 valence electrons. The molecule has 0 heterocycles. The topological polar surface area (TPSA) is 38.3 Å². The van der Waals surface area contributed by atoms with Crippen LogP contribution in [-0.4, -0.2) is 12.5 Å². The quantitative estimate of drug-likeness (QED) is 0.832. The summed E-state index contributed by atoms with van der Waals surface area (Å²) in [4.78, 5) is 12.3. The molecule has 0 aliphatic carbocycles. The number of alkyl halides is 1. The minimum atomic E-state index is -0.166. The first-order valence-corrected chi connectivity index (χ1v) is 7.37. The van der Waals surface area contributed by atoms with E-state index >= 15 is 0 Å². The van der Waals surface area contributed by atoms with Gasteiger partial charge < -0.3 is 10.1 Å². The fourth-order valence-corrected chi connectivity index (χ4v) is 2.13. The Morgan fingerprint density at radius 1 is 1.19 bits per heavy atom. The minimum Gasteiger partial charge on any atom is -0.492 e. The van der Waals surface area contributed by atoms with Gasteiger partial charge in [-0.15, -0.1) is 11.6 Å². The lowest BCUT2D eigenvalue weighted by atomic mass is 10.1. The molecular formula is C17H18ClNO2. The third kappa shape index (κ3) is 3.99. The second kappa shape index (κ2) is 7.14. The van der Waals surface area contributed by atoms with Gasteiger partial charge in [-0.05, 0) is 49.2 Å². The Hall–Kier alpha value is -2.00. The van der Waals surface area contributed by atoms with Crippen molar-refractivity contribution in [3.05, 3.63) is 59.2 Å². The van der Waals surface area contributed by atoms with E-state index in [1.807, 2.05) is 44.2 Å². The zero-order chi connectivity index (χ0) is 15.2. The number of aryl methyl sites for hydroxylation is 1. The molecular weight excluding hydrogens is 286 g/mol. The molecule has 4 heteroatoms. The van der Waals surface area contributed by atoms with Crippen LogP contribution < -0.4 is 10.1 Å². The highest BCUT2D eigenvalue weighted by Gasteiger charge is 2.10. The van der Waals surface area contributed by atoms with E-state index in [0.717, 1.165) is 11.1 Å². The van der Waals surface area contributed by atoms with Gasteiger partial charge in [0.2, 0.25) is 0 Å². The molecule has 3 nitrogen and oxygen atoms in total. The highest BCUT2D eigenvalue weighted by Crippen LogP contribution is 2.26. The summed E-state index contributed by atoms with van der Waals surface area (Å²) in [6.07, 6.45) is 0. The normalized spacial score (nSPS) is 10.2. The summed E-state index contributed by atoms with van der Waals surface area (Å²) in [5, 5.41) is 2.88. The average Bonchev–Trinajstić information content (AvgIpc) is 2.50. The summed E-state index contributed by atoms with van der Waals surface area (Å²) in [6.45, 7) is 4.45. The van der Waals surface area contributed by atoms with E-state index in [1.54, 1.807) is 12.1 Å². The van der Waals surface area contributed by atoms with Crippen LogP contribution in [0.1, 0.15) is 28.4 Å². The summed E-state index contributed by atoms with van der Waals surface area (Å²) >= 11 is 5.74. The predicted molar refractivity (Wildman–Crippen MR) is 86.3 cm³/mol. The van der Waals surface area contributed by atoms with Gasteiger partial charge in [-0.25, -0.2) is 0 Å². The number of anilines is 1. The van der Waals surface area contributed by atoms with E-state index in [0.29, 0.717) is 29.5 Å². The van der Waals surface area contributed by atoms with E-state index in [-0.39, 0.29) is 5.91 Å². The third-order valence-electron chi connectivity index (χ3n) is 3.06. The summed E-state index contributed by atoms with van der Waals surface area (Å²) in [7, 11) is 0. The van der Waals surface area contributed by atoms with Gasteiger partial charge in [-0.1, -0.05) is 18.2 Å². The van der Waals surface area contributed by atoms with Gasteiger partial charge in [0.15, 0.2) is 0 Å². The Morgan fingerprint density at radius 2 is 1.90 bits per heavy atom. The second-order valence-corrected chi connectivity index (χ2v) is 4.98. The van der Waals surface area contributed by atoms with Crippen molar-refractivity contribution >= 4 is 23.2 Å². The van der Waals surface area contributed by atoms with Crippen LogP contribution in [0.3, 0.4) is 0 Å². The lowest BCUT2D eigenvalue weighted by molar-refractivity contribution is 0.102. The number of nitrogens with one attached hydrogen (secondary N) is 1. The molecule has 2 aromatic carbocycles. The second-order valence-electron chi connectivity index (χ2n) is 4.72. The monoisotopic (exact) mass is 303 g/mol. The highest BCUT2D eigenvalue weighted by molar-refractivity contribution is 6.17. The molecule has 2 aromatic rings. The van der Waals surface area contributed by atoms with Crippen LogP contribution in [0, 0.1) is 6.92 Å². The Kier molecular flexibility index (Phi) is 5.23. The van der Waals surface area contributed by atoms with Crippen molar-refractivity contribution in [3.8, 4) is 5.75 Å². The summed E-state index contributed by atoms with van der Waals surface area (Å²) in [6, 6.07) is 12.9. The number of ether oxygens (including phenoxy) is 1. The standard InChI is InChI=1S/C17H18ClNO2/c1-3-21-16-10-12(2)4-9-15(16)19-17(20)14-7-5-13(11-18)6-8-14/h4-10H,3,11H2,1-2H3,(H,19,20). The van der Waals surface area contributed by atoms with Gasteiger partial charge in [0.05, 0.1) is 12.3 Å². The van der Waals surface area contributed by atoms with E-state index in [1.165, 1.54) is 0 Å². The lowest BCUT2D eigenvalue weighted by Crippen LogP contribution is -2.13. The molecule has 0 spiro atoms. The van der Waals surface area contributed by atoms with Crippen molar-refractivity contribution in [2.75, 3.05) is 11.9 Å². The smallest absolute Gasteiger partial charge is 0.255 e. The van der Waals surface area contributed by atoms with Crippen molar-refractivity contribution in [2.24, 2.45) is 0 Å². The zero-order valence-electron chi connectivity index (χ0n) is 12.2. The minimum absolute atomic E-state index is 0.166. The average molecular weight is 304 g/mol. The molecule has 0 unspecified atom stereocenters. The van der Waals surface area contributed by atoms with Crippen LogP contribution in [0.4, 0.5) is 5.69 Å². The summed E-state index contributed by atoms with van der Waals surface area (Å²) in [5.74, 6) is 0.957. The zero-order valence-corrected chi connectivity index (χ0v) is 12.9. The lowest BCUT2D eigenvalue weighted by Gasteiger charge is -2.12. The highest BCUT2D eigenvalue weighted by atomic mass is 35.5. The number of carbonyl (C=O) groups is 1. The number of benzene rings is 2. The Bertz CT molecular complexity index is 623. The largest absolute Gasteiger partial charge is 0.492 e. The molecule has 0 atom stereocenters. The maximum absolute atomic E-state index is 12.3. The van der Waals surface area contributed by atoms with Crippen LogP contribution in [-0.2, 0) is 5.88 Å². The van der Waals surface area contributed by atoms with Crippen LogP contribution in [0.2, 0.25) is 0 Å². The molecule has 0 bridgehead atoms. The van der Waals surface area contributed by atoms with Crippen LogP contribution in [0.25, 0.3) is 0 Å². The fraction of sp³-hybridized carbons (Fsp3) is 0.235. The summed E-state index contributed by atoms with van der Waals surface area (Å²) < 4.78 is 5.56. The summed E-state index contributed by atoms with van der Waals surface area (Å²) in [5.41, 5.74) is 3.34. The van der Waals surface area contributed by atoms with Gasteiger partial charge in [0.25, 0.3) is 5.91 Å². The van der Waals surface area contributed by atoms with Crippen LogP contribution in [0.5, 0.6) is 5.75 Å². The van der Waals surface area contributed by atoms with Crippen molar-refractivity contribution in [1.82, 2.24) is 0 Å². The van der Waals surface area contributed by atoms with E-state index < -0.39 is 0 Å². The molecule has 0 saturated heterocycles. The van der Waals surface area contributed by atoms with Crippen molar-refractivity contribution in [1.29, 1.82) is 0 Å². The van der Waals surface area contributed by atoms with Gasteiger partial charge in [0.1, 0.15) is 5.75 Å². The maximum atomic E-state index is 12.3. The SMILES string of the molecule is CCOc1cc(C)ccc1NC(=O)c1ccc(CCl)cc1. The van der Waals surface area contributed by atoms with Crippen LogP contribution in [0.15, 0.2) is 42.5 Å². The van der Waals surface area contributed by atoms with Crippen molar-refractivity contribution in [3.63, 3.8) is 0 Å². The maximum Gasteiger partial charge on any atom is 0.255 e. The molecule has 0 saturated carbocycles. The molecule has 1 N–H and O–H groups in total. The van der Waals surface area contributed by atoms with Crippen LogP contribution >= 0.6 is 11.6 Å². The number of halogens is 1. The van der Waals surface area contributed by atoms with Crippen molar-refractivity contribution < 1.29 is 9.53 Å². The van der Waals surface area contributed by atoms with Gasteiger partial charge in [0, 0.05) is 11.4 Å². The molecule has 0 aliphatic rings. The van der Waals surface area contributed by atoms with E-state index in [4.69, 9.17) is 16.3 Å². The number of hydrogen-bond acceptors (Lipinski definition) is 2. The predicted octanol–water partition coefficient (Wildman–Crippen LogP) is 4.38. The first-order valence-electron chi connectivity index (χ1n) is 6.83. The number of rotatable bonds is 5. The van der Waals surface area contributed by atoms with Gasteiger partial charge >= 0.3 is 0 Å². The number of carbonyl (C=O) groups excluding carboxylic acids is 1. The molecule has 0 fully saturated rings. The molecule has 21 heavy (non-hydrogen) atoms. The Labute approximate surface area is 129 Å². The van der Waals surface area contributed by atoms with Crippen molar-refractivity contribution in [2.45, 2.75) is 19.7 Å².